The second kappa shape index (κ2) is 9.15. The van der Waals surface area contributed by atoms with Gasteiger partial charge in [0.1, 0.15) is 0 Å². The zero-order valence-corrected chi connectivity index (χ0v) is 21.8. The number of rotatable bonds is 3. The zero-order valence-electron chi connectivity index (χ0n) is 19.4. The van der Waals surface area contributed by atoms with Gasteiger partial charge in [-0.15, -0.1) is 0 Å². The average Bonchev–Trinajstić information content (AvgIpc) is 3.22. The number of esters is 1. The number of halogens is 1. The maximum atomic E-state index is 13.8. The normalized spacial score (nSPS) is 16.6. The number of thiazole rings is 1. The van der Waals surface area contributed by atoms with Gasteiger partial charge in [0.05, 0.1) is 28.9 Å². The minimum Gasteiger partial charge on any atom is -0.465 e. The predicted molar refractivity (Wildman–Crippen MR) is 145 cm³/mol. The van der Waals surface area contributed by atoms with E-state index in [0.29, 0.717) is 14.9 Å². The molecule has 1 atom stereocenters. The van der Waals surface area contributed by atoms with E-state index in [0.717, 1.165) is 45.3 Å². The monoisotopic (exact) mass is 556 g/mol. The van der Waals surface area contributed by atoms with Crippen LogP contribution in [0.25, 0.3) is 11.8 Å². The van der Waals surface area contributed by atoms with Gasteiger partial charge in [-0.1, -0.05) is 75.8 Å². The summed E-state index contributed by atoms with van der Waals surface area (Å²) in [6, 6.07) is 23.3. The number of nitrogens with zero attached hydrogens (tertiary/aromatic N) is 2. The highest BCUT2D eigenvalue weighted by Crippen LogP contribution is 2.41. The van der Waals surface area contributed by atoms with Crippen LogP contribution in [0.5, 0.6) is 0 Å². The fourth-order valence-electron chi connectivity index (χ4n) is 4.95. The van der Waals surface area contributed by atoms with Crippen molar-refractivity contribution in [3.63, 3.8) is 0 Å². The fraction of sp³-hybridized carbons (Fsp3) is 0.138. The van der Waals surface area contributed by atoms with Gasteiger partial charge in [-0.25, -0.2) is 9.79 Å². The Balaban J connectivity index is 1.58. The third-order valence-electron chi connectivity index (χ3n) is 6.69. The molecular formula is C29H21BrN2O3S. The molecule has 0 N–H and O–H groups in total. The summed E-state index contributed by atoms with van der Waals surface area (Å²) in [7, 11) is 1.37. The third kappa shape index (κ3) is 3.88. The van der Waals surface area contributed by atoms with Crippen LogP contribution in [-0.4, -0.2) is 17.6 Å². The zero-order chi connectivity index (χ0) is 24.8. The molecule has 4 aromatic rings. The Morgan fingerprint density at radius 2 is 1.81 bits per heavy atom. The van der Waals surface area contributed by atoms with Crippen molar-refractivity contribution in [3.05, 3.63) is 130 Å². The van der Waals surface area contributed by atoms with Crippen molar-refractivity contribution >= 4 is 45.0 Å². The molecule has 0 bridgehead atoms. The van der Waals surface area contributed by atoms with Gasteiger partial charge < -0.3 is 4.74 Å². The lowest BCUT2D eigenvalue weighted by Gasteiger charge is -2.30. The molecule has 0 amide bonds. The first kappa shape index (κ1) is 22.9. The van der Waals surface area contributed by atoms with Gasteiger partial charge in [0.25, 0.3) is 5.56 Å². The van der Waals surface area contributed by atoms with E-state index < -0.39 is 0 Å². The van der Waals surface area contributed by atoms with Gasteiger partial charge in [-0.3, -0.25) is 9.36 Å². The van der Waals surface area contributed by atoms with E-state index in [1.165, 1.54) is 24.0 Å². The molecule has 0 radical (unpaired) electrons. The van der Waals surface area contributed by atoms with Crippen LogP contribution >= 0.6 is 27.3 Å². The van der Waals surface area contributed by atoms with Crippen molar-refractivity contribution < 1.29 is 9.53 Å². The predicted octanol–water partition coefficient (Wildman–Crippen LogP) is 4.87. The van der Waals surface area contributed by atoms with Crippen LogP contribution in [0.4, 0.5) is 0 Å². The van der Waals surface area contributed by atoms with E-state index in [-0.39, 0.29) is 17.6 Å². The van der Waals surface area contributed by atoms with Gasteiger partial charge in [-0.05, 0) is 65.4 Å². The van der Waals surface area contributed by atoms with Crippen LogP contribution in [0, 0.1) is 0 Å². The number of aryl methyl sites for hydroxylation is 1. The number of allylic oxidation sites excluding steroid dienone is 1. The molecule has 0 saturated carbocycles. The number of benzene rings is 3. The molecule has 2 heterocycles. The molecule has 0 saturated heterocycles. The van der Waals surface area contributed by atoms with Crippen molar-refractivity contribution in [1.29, 1.82) is 0 Å². The summed E-state index contributed by atoms with van der Waals surface area (Å²) in [4.78, 5) is 31.5. The second-order valence-electron chi connectivity index (χ2n) is 8.78. The number of aromatic nitrogens is 1. The maximum Gasteiger partial charge on any atom is 0.337 e. The van der Waals surface area contributed by atoms with E-state index in [1.54, 1.807) is 12.1 Å². The molecule has 3 aromatic carbocycles. The maximum absolute atomic E-state index is 13.8. The minimum absolute atomic E-state index is 0.0610. The van der Waals surface area contributed by atoms with E-state index in [4.69, 9.17) is 9.73 Å². The molecule has 178 valence electrons. The van der Waals surface area contributed by atoms with Crippen molar-refractivity contribution in [3.8, 4) is 0 Å². The first-order valence-electron chi connectivity index (χ1n) is 11.6. The lowest BCUT2D eigenvalue weighted by atomic mass is 9.83. The highest BCUT2D eigenvalue weighted by Gasteiger charge is 2.32. The molecule has 0 spiro atoms. The summed E-state index contributed by atoms with van der Waals surface area (Å²) in [6.45, 7) is 0. The summed E-state index contributed by atoms with van der Waals surface area (Å²) in [5.41, 5.74) is 6.80. The first-order valence-corrected chi connectivity index (χ1v) is 13.2. The van der Waals surface area contributed by atoms with Crippen molar-refractivity contribution in [2.75, 3.05) is 7.11 Å². The van der Waals surface area contributed by atoms with Crippen LogP contribution in [-0.2, 0) is 11.2 Å². The molecule has 2 aliphatic rings. The lowest BCUT2D eigenvalue weighted by molar-refractivity contribution is 0.0600. The lowest BCUT2D eigenvalue weighted by Crippen LogP contribution is -2.38. The molecule has 1 aromatic heterocycles. The third-order valence-corrected chi connectivity index (χ3v) is 8.20. The van der Waals surface area contributed by atoms with Crippen LogP contribution in [0.15, 0.2) is 92.6 Å². The van der Waals surface area contributed by atoms with Gasteiger partial charge in [-0.2, -0.15) is 0 Å². The van der Waals surface area contributed by atoms with E-state index in [9.17, 15) is 9.59 Å². The number of methoxy groups -OCH3 is 1. The number of hydrogen-bond acceptors (Lipinski definition) is 5. The van der Waals surface area contributed by atoms with Gasteiger partial charge in [0.2, 0.25) is 0 Å². The van der Waals surface area contributed by atoms with Crippen molar-refractivity contribution in [1.82, 2.24) is 4.57 Å². The number of fused-ring (bicyclic) bond motifs is 3. The smallest absolute Gasteiger partial charge is 0.337 e. The second-order valence-corrected chi connectivity index (χ2v) is 10.7. The molecule has 7 heteroatoms. The fourth-order valence-corrected chi connectivity index (χ4v) is 6.22. The van der Waals surface area contributed by atoms with Crippen molar-refractivity contribution in [2.45, 2.75) is 18.9 Å². The molecule has 1 aliphatic carbocycles. The quantitative estimate of drug-likeness (QED) is 0.338. The van der Waals surface area contributed by atoms with E-state index in [1.807, 2.05) is 53.1 Å². The molecular weight excluding hydrogens is 536 g/mol. The Morgan fingerprint density at radius 3 is 2.56 bits per heavy atom. The summed E-state index contributed by atoms with van der Waals surface area (Å²) < 4.78 is 8.31. The van der Waals surface area contributed by atoms with Gasteiger partial charge >= 0.3 is 5.97 Å². The highest BCUT2D eigenvalue weighted by atomic mass is 79.9. The minimum atomic E-state index is -0.383. The Kier molecular flexibility index (Phi) is 5.82. The number of carbonyl (C=O) groups excluding carboxylic acids is 1. The molecule has 6 rings (SSSR count). The Bertz CT molecular complexity index is 1710. The van der Waals surface area contributed by atoms with Crippen LogP contribution < -0.4 is 14.9 Å². The standard InChI is InChI=1S/C29H21BrN2O3S/c1-35-28(34)20-10-8-19(9-11-20)26-23-15-12-18-4-2-3-5-22(18)25(23)31-29-32(26)27(33)24(36-29)16-17-6-13-21(30)14-7-17/h2-11,13-14,16,26H,12,15H2,1H3. The summed E-state index contributed by atoms with van der Waals surface area (Å²) in [5.74, 6) is -0.383. The summed E-state index contributed by atoms with van der Waals surface area (Å²) in [5, 5.41) is 0. The number of carbonyl (C=O) groups is 1. The van der Waals surface area contributed by atoms with Crippen molar-refractivity contribution in [2.24, 2.45) is 4.99 Å². The molecule has 5 nitrogen and oxygen atoms in total. The summed E-state index contributed by atoms with van der Waals surface area (Å²) in [6.07, 6.45) is 3.63. The van der Waals surface area contributed by atoms with Crippen LogP contribution in [0.3, 0.4) is 0 Å². The Labute approximate surface area is 219 Å². The number of ether oxygens (including phenoxy) is 1. The van der Waals surface area contributed by atoms with E-state index in [2.05, 4.69) is 34.1 Å². The van der Waals surface area contributed by atoms with E-state index >= 15 is 0 Å². The molecule has 1 unspecified atom stereocenters. The molecule has 1 aliphatic heterocycles. The average molecular weight is 557 g/mol. The Morgan fingerprint density at radius 1 is 1.06 bits per heavy atom. The largest absolute Gasteiger partial charge is 0.465 e. The summed E-state index contributed by atoms with van der Waals surface area (Å²) >= 11 is 4.88. The first-order chi connectivity index (χ1) is 17.5. The van der Waals surface area contributed by atoms with Crippen LogP contribution in [0.2, 0.25) is 0 Å². The molecule has 0 fully saturated rings. The number of hydrogen-bond donors (Lipinski definition) is 0. The molecule has 36 heavy (non-hydrogen) atoms. The van der Waals surface area contributed by atoms with Crippen LogP contribution in [0.1, 0.15) is 45.1 Å². The highest BCUT2D eigenvalue weighted by molar-refractivity contribution is 9.10. The van der Waals surface area contributed by atoms with Gasteiger partial charge in [0.15, 0.2) is 4.80 Å². The van der Waals surface area contributed by atoms with Gasteiger partial charge in [0, 0.05) is 10.0 Å². The topological polar surface area (TPSA) is 60.7 Å². The Hall–Kier alpha value is -3.55. The SMILES string of the molecule is COC(=O)c1ccc(C2C3=C(N=c4sc(=Cc5ccc(Br)cc5)c(=O)n42)c2ccccc2CC3)cc1.